The third kappa shape index (κ3) is 2.97. The summed E-state index contributed by atoms with van der Waals surface area (Å²) in [6, 6.07) is 9.82. The molecule has 1 saturated carbocycles. The molecular weight excluding hydrogens is 264 g/mol. The first-order chi connectivity index (χ1) is 10.3. The Morgan fingerprint density at radius 3 is 2.90 bits per heavy atom. The van der Waals surface area contributed by atoms with Crippen molar-refractivity contribution < 1.29 is 4.79 Å². The first-order valence-electron chi connectivity index (χ1n) is 7.39. The number of para-hydroxylation sites is 1. The Morgan fingerprint density at radius 2 is 2.14 bits per heavy atom. The van der Waals surface area contributed by atoms with E-state index in [2.05, 4.69) is 10.4 Å². The van der Waals surface area contributed by atoms with Crippen LogP contribution in [0, 0.1) is 11.8 Å². The van der Waals surface area contributed by atoms with E-state index in [0.29, 0.717) is 12.5 Å². The van der Waals surface area contributed by atoms with Gasteiger partial charge in [-0.25, -0.2) is 4.68 Å². The van der Waals surface area contributed by atoms with Gasteiger partial charge in [0.05, 0.1) is 23.8 Å². The highest BCUT2D eigenvalue weighted by molar-refractivity contribution is 5.92. The van der Waals surface area contributed by atoms with E-state index in [0.717, 1.165) is 30.6 Å². The Morgan fingerprint density at radius 1 is 1.33 bits per heavy atom. The SMILES string of the molecule is NC[C@H]1CCC[C@H]1C(=O)Nc1cnn(-c2ccccc2)c1. The van der Waals surface area contributed by atoms with E-state index in [4.69, 9.17) is 5.73 Å². The average Bonchev–Trinajstić information content (AvgIpc) is 3.16. The van der Waals surface area contributed by atoms with Crippen molar-refractivity contribution in [3.8, 4) is 5.69 Å². The van der Waals surface area contributed by atoms with Crippen molar-refractivity contribution in [3.63, 3.8) is 0 Å². The van der Waals surface area contributed by atoms with Crippen LogP contribution in [0.3, 0.4) is 0 Å². The lowest BCUT2D eigenvalue weighted by Gasteiger charge is -2.16. The highest BCUT2D eigenvalue weighted by Gasteiger charge is 2.32. The molecule has 5 heteroatoms. The van der Waals surface area contributed by atoms with Gasteiger partial charge in [-0.1, -0.05) is 24.6 Å². The molecule has 1 aromatic heterocycles. The number of nitrogens with zero attached hydrogens (tertiary/aromatic N) is 2. The Labute approximate surface area is 124 Å². The molecule has 0 radical (unpaired) electrons. The summed E-state index contributed by atoms with van der Waals surface area (Å²) >= 11 is 0. The second-order valence-electron chi connectivity index (χ2n) is 5.53. The molecule has 1 aromatic carbocycles. The van der Waals surface area contributed by atoms with Gasteiger partial charge in [-0.2, -0.15) is 5.10 Å². The molecule has 0 bridgehead atoms. The summed E-state index contributed by atoms with van der Waals surface area (Å²) in [5.74, 6) is 0.416. The zero-order valence-electron chi connectivity index (χ0n) is 11.9. The maximum atomic E-state index is 12.3. The summed E-state index contributed by atoms with van der Waals surface area (Å²) in [6.45, 7) is 0.585. The number of nitrogens with two attached hydrogens (primary N) is 1. The number of aromatic nitrogens is 2. The first-order valence-corrected chi connectivity index (χ1v) is 7.39. The van der Waals surface area contributed by atoms with Crippen LogP contribution in [-0.2, 0) is 4.79 Å². The van der Waals surface area contributed by atoms with Gasteiger partial charge in [-0.3, -0.25) is 4.79 Å². The second kappa shape index (κ2) is 6.10. The smallest absolute Gasteiger partial charge is 0.227 e. The molecule has 1 amide bonds. The number of benzene rings is 1. The number of hydrogen-bond acceptors (Lipinski definition) is 3. The van der Waals surface area contributed by atoms with Gasteiger partial charge in [-0.15, -0.1) is 0 Å². The fourth-order valence-electron chi connectivity index (χ4n) is 3.01. The molecule has 3 rings (SSSR count). The van der Waals surface area contributed by atoms with Crippen LogP contribution in [0.25, 0.3) is 5.69 Å². The van der Waals surface area contributed by atoms with E-state index in [1.807, 2.05) is 36.5 Å². The Bertz CT molecular complexity index is 608. The second-order valence-corrected chi connectivity index (χ2v) is 5.53. The molecule has 2 aromatic rings. The molecule has 5 nitrogen and oxygen atoms in total. The largest absolute Gasteiger partial charge is 0.330 e. The van der Waals surface area contributed by atoms with E-state index in [9.17, 15) is 4.79 Å². The Kier molecular flexibility index (Phi) is 4.01. The molecule has 0 unspecified atom stereocenters. The fraction of sp³-hybridized carbons (Fsp3) is 0.375. The molecule has 1 heterocycles. The van der Waals surface area contributed by atoms with Crippen LogP contribution in [0.5, 0.6) is 0 Å². The van der Waals surface area contributed by atoms with E-state index < -0.39 is 0 Å². The van der Waals surface area contributed by atoms with Crippen LogP contribution in [0.2, 0.25) is 0 Å². The molecule has 0 aliphatic heterocycles. The van der Waals surface area contributed by atoms with Crippen molar-refractivity contribution in [2.75, 3.05) is 11.9 Å². The van der Waals surface area contributed by atoms with Crippen molar-refractivity contribution in [2.24, 2.45) is 17.6 Å². The minimum atomic E-state index is 0.0371. The lowest BCUT2D eigenvalue weighted by molar-refractivity contribution is -0.120. The van der Waals surface area contributed by atoms with E-state index in [-0.39, 0.29) is 11.8 Å². The summed E-state index contributed by atoms with van der Waals surface area (Å²) in [5, 5.41) is 7.24. The third-order valence-electron chi connectivity index (χ3n) is 4.17. The maximum absolute atomic E-state index is 12.3. The van der Waals surface area contributed by atoms with Gasteiger partial charge in [0.15, 0.2) is 0 Å². The predicted octanol–water partition coefficient (Wildman–Crippen LogP) is 2.19. The minimum absolute atomic E-state index is 0.0371. The van der Waals surface area contributed by atoms with Gasteiger partial charge < -0.3 is 11.1 Å². The number of rotatable bonds is 4. The van der Waals surface area contributed by atoms with Gasteiger partial charge in [0.2, 0.25) is 5.91 Å². The molecule has 1 fully saturated rings. The predicted molar refractivity (Wildman–Crippen MR) is 82.1 cm³/mol. The lowest BCUT2D eigenvalue weighted by Crippen LogP contribution is -2.29. The van der Waals surface area contributed by atoms with Crippen LogP contribution in [-0.4, -0.2) is 22.2 Å². The van der Waals surface area contributed by atoms with Crippen molar-refractivity contribution >= 4 is 11.6 Å². The Balaban J connectivity index is 1.69. The highest BCUT2D eigenvalue weighted by atomic mass is 16.1. The summed E-state index contributed by atoms with van der Waals surface area (Å²) in [6.07, 6.45) is 6.58. The summed E-state index contributed by atoms with van der Waals surface area (Å²) in [7, 11) is 0. The van der Waals surface area contributed by atoms with Gasteiger partial charge in [-0.05, 0) is 37.4 Å². The molecular formula is C16H20N4O. The number of nitrogens with one attached hydrogen (secondary N) is 1. The van der Waals surface area contributed by atoms with Gasteiger partial charge in [0.25, 0.3) is 0 Å². The van der Waals surface area contributed by atoms with Crippen molar-refractivity contribution in [2.45, 2.75) is 19.3 Å². The van der Waals surface area contributed by atoms with Crippen LogP contribution >= 0.6 is 0 Å². The standard InChI is InChI=1S/C16H20N4O/c17-9-12-5-4-8-15(12)16(21)19-13-10-18-20(11-13)14-6-2-1-3-7-14/h1-3,6-7,10-12,15H,4-5,8-9,17H2,(H,19,21)/t12-,15-/m1/s1. The summed E-state index contributed by atoms with van der Waals surface area (Å²) < 4.78 is 1.75. The first kappa shape index (κ1) is 13.8. The van der Waals surface area contributed by atoms with Crippen LogP contribution in [0.1, 0.15) is 19.3 Å². The molecule has 3 N–H and O–H groups in total. The number of amides is 1. The Hall–Kier alpha value is -2.14. The van der Waals surface area contributed by atoms with Crippen LogP contribution in [0.15, 0.2) is 42.7 Å². The van der Waals surface area contributed by atoms with Crippen LogP contribution < -0.4 is 11.1 Å². The van der Waals surface area contributed by atoms with E-state index in [1.54, 1.807) is 10.9 Å². The molecule has 1 aliphatic rings. The number of anilines is 1. The van der Waals surface area contributed by atoms with Crippen LogP contribution in [0.4, 0.5) is 5.69 Å². The maximum Gasteiger partial charge on any atom is 0.227 e. The lowest BCUT2D eigenvalue weighted by atomic mass is 9.95. The number of hydrogen-bond donors (Lipinski definition) is 2. The van der Waals surface area contributed by atoms with Crippen molar-refractivity contribution in [1.82, 2.24) is 9.78 Å². The minimum Gasteiger partial charge on any atom is -0.330 e. The normalized spacial score (nSPS) is 21.4. The molecule has 110 valence electrons. The summed E-state index contributed by atoms with van der Waals surface area (Å²) in [4.78, 5) is 12.3. The van der Waals surface area contributed by atoms with E-state index in [1.165, 1.54) is 0 Å². The molecule has 0 saturated heterocycles. The number of carbonyl (C=O) groups is 1. The fourth-order valence-corrected chi connectivity index (χ4v) is 3.01. The zero-order chi connectivity index (χ0) is 14.7. The summed E-state index contributed by atoms with van der Waals surface area (Å²) in [5.41, 5.74) is 7.44. The van der Waals surface area contributed by atoms with Crippen molar-refractivity contribution in [3.05, 3.63) is 42.7 Å². The van der Waals surface area contributed by atoms with Gasteiger partial charge in [0.1, 0.15) is 0 Å². The quantitative estimate of drug-likeness (QED) is 0.904. The zero-order valence-corrected chi connectivity index (χ0v) is 11.9. The van der Waals surface area contributed by atoms with Gasteiger partial charge in [0, 0.05) is 5.92 Å². The topological polar surface area (TPSA) is 72.9 Å². The average molecular weight is 284 g/mol. The number of carbonyl (C=O) groups excluding carboxylic acids is 1. The highest BCUT2D eigenvalue weighted by Crippen LogP contribution is 2.31. The molecule has 2 atom stereocenters. The molecule has 0 spiro atoms. The monoisotopic (exact) mass is 284 g/mol. The molecule has 21 heavy (non-hydrogen) atoms. The van der Waals surface area contributed by atoms with E-state index >= 15 is 0 Å². The molecule has 1 aliphatic carbocycles. The van der Waals surface area contributed by atoms with Gasteiger partial charge >= 0.3 is 0 Å². The third-order valence-corrected chi connectivity index (χ3v) is 4.17. The van der Waals surface area contributed by atoms with Crippen molar-refractivity contribution in [1.29, 1.82) is 0 Å².